The van der Waals surface area contributed by atoms with Gasteiger partial charge >= 0.3 is 12.1 Å². The van der Waals surface area contributed by atoms with Gasteiger partial charge in [-0.2, -0.15) is 0 Å². The van der Waals surface area contributed by atoms with Crippen LogP contribution in [0.25, 0.3) is 10.8 Å². The Morgan fingerprint density at radius 3 is 2.58 bits per heavy atom. The van der Waals surface area contributed by atoms with E-state index in [9.17, 15) is 18.0 Å². The van der Waals surface area contributed by atoms with E-state index in [0.29, 0.717) is 32.4 Å². The lowest BCUT2D eigenvalue weighted by Crippen LogP contribution is -2.52. The number of benzene rings is 2. The van der Waals surface area contributed by atoms with Crippen molar-refractivity contribution in [2.24, 2.45) is 0 Å². The molecule has 166 valence electrons. The fraction of sp³-hybridized carbons (Fsp3) is 0.455. The number of ether oxygens (including phenoxy) is 2. The second-order valence-electron chi connectivity index (χ2n) is 7.86. The van der Waals surface area contributed by atoms with Crippen LogP contribution in [-0.4, -0.2) is 74.3 Å². The molecule has 2 aliphatic rings. The lowest BCUT2D eigenvalue weighted by atomic mass is 10.0. The highest BCUT2D eigenvalue weighted by atomic mass is 32.2. The Labute approximate surface area is 181 Å². The lowest BCUT2D eigenvalue weighted by Gasteiger charge is -2.36. The van der Waals surface area contributed by atoms with E-state index in [4.69, 9.17) is 9.47 Å². The second kappa shape index (κ2) is 8.84. The number of sulfonamides is 1. The van der Waals surface area contributed by atoms with Crippen LogP contribution in [0.5, 0.6) is 0 Å². The quantitative estimate of drug-likeness (QED) is 0.632. The Hall–Kier alpha value is -2.65. The summed E-state index contributed by atoms with van der Waals surface area (Å²) in [6.07, 6.45) is 0.797. The largest absolute Gasteiger partial charge is 0.467 e. The van der Waals surface area contributed by atoms with Crippen molar-refractivity contribution < 1.29 is 27.5 Å². The molecular formula is C22H26N2O6S. The third-order valence-electron chi connectivity index (χ3n) is 6.10. The molecule has 9 heteroatoms. The lowest BCUT2D eigenvalue weighted by molar-refractivity contribution is -0.145. The first-order valence-electron chi connectivity index (χ1n) is 10.4. The van der Waals surface area contributed by atoms with Crippen molar-refractivity contribution in [2.75, 3.05) is 32.6 Å². The van der Waals surface area contributed by atoms with E-state index in [0.717, 1.165) is 16.3 Å². The number of nitrogens with zero attached hydrogens (tertiary/aromatic N) is 2. The number of fused-ring (bicyclic) bond motifs is 1. The van der Waals surface area contributed by atoms with Crippen molar-refractivity contribution in [1.82, 2.24) is 9.21 Å². The molecule has 0 bridgehead atoms. The van der Waals surface area contributed by atoms with Gasteiger partial charge in [-0.1, -0.05) is 42.5 Å². The molecule has 0 spiro atoms. The number of rotatable bonds is 6. The van der Waals surface area contributed by atoms with E-state index in [1.54, 1.807) is 0 Å². The number of aryl methyl sites for hydroxylation is 1. The summed E-state index contributed by atoms with van der Waals surface area (Å²) in [6.45, 7) is 0.579. The predicted octanol–water partition coefficient (Wildman–Crippen LogP) is 2.17. The summed E-state index contributed by atoms with van der Waals surface area (Å²) >= 11 is 0. The molecule has 0 aromatic heterocycles. The zero-order valence-corrected chi connectivity index (χ0v) is 18.2. The summed E-state index contributed by atoms with van der Waals surface area (Å²) in [5, 5.41) is 2.16. The first kappa shape index (κ1) is 21.6. The number of carbonyl (C=O) groups is 2. The van der Waals surface area contributed by atoms with Gasteiger partial charge in [0.15, 0.2) is 6.04 Å². The Bertz CT molecular complexity index is 1070. The maximum absolute atomic E-state index is 13.0. The van der Waals surface area contributed by atoms with Gasteiger partial charge in [-0.05, 0) is 35.6 Å². The van der Waals surface area contributed by atoms with Crippen LogP contribution in [0.3, 0.4) is 0 Å². The van der Waals surface area contributed by atoms with Crippen LogP contribution in [0.2, 0.25) is 0 Å². The van der Waals surface area contributed by atoms with Crippen LogP contribution in [0, 0.1) is 0 Å². The summed E-state index contributed by atoms with van der Waals surface area (Å²) < 4.78 is 37.2. The molecular weight excluding hydrogens is 420 g/mol. The standard InChI is InChI=1S/C22H26N2O6S/c1-29-21(25)20-15-30-22(26)24(20)18-9-12-23(13-10-18)31(27,28)14-11-17-7-4-6-16-5-2-3-8-19(16)17/h2-8,18,20H,9-15H2,1H3/t20-/m0/s1. The molecule has 31 heavy (non-hydrogen) atoms. The van der Waals surface area contributed by atoms with Crippen molar-refractivity contribution >= 4 is 32.9 Å². The Balaban J connectivity index is 1.39. The van der Waals surface area contributed by atoms with Gasteiger partial charge in [-0.25, -0.2) is 22.3 Å². The van der Waals surface area contributed by atoms with Crippen LogP contribution in [-0.2, 0) is 30.7 Å². The Kier molecular flexibility index (Phi) is 6.15. The average Bonchev–Trinajstić information content (AvgIpc) is 3.18. The summed E-state index contributed by atoms with van der Waals surface area (Å²) in [6, 6.07) is 12.9. The molecule has 2 aliphatic heterocycles. The highest BCUT2D eigenvalue weighted by Crippen LogP contribution is 2.26. The van der Waals surface area contributed by atoms with Gasteiger partial charge in [-0.3, -0.25) is 4.90 Å². The minimum atomic E-state index is -3.44. The van der Waals surface area contributed by atoms with Crippen LogP contribution >= 0.6 is 0 Å². The SMILES string of the molecule is COC(=O)[C@@H]1COC(=O)N1C1CCN(S(=O)(=O)CCc2cccc3ccccc23)CC1. The molecule has 2 aromatic rings. The number of esters is 1. The average molecular weight is 447 g/mol. The van der Waals surface area contributed by atoms with E-state index in [1.807, 2.05) is 42.5 Å². The summed E-state index contributed by atoms with van der Waals surface area (Å²) in [7, 11) is -2.17. The molecule has 2 aromatic carbocycles. The molecule has 2 heterocycles. The smallest absolute Gasteiger partial charge is 0.410 e. The van der Waals surface area contributed by atoms with E-state index in [-0.39, 0.29) is 18.4 Å². The number of cyclic esters (lactones) is 1. The molecule has 1 atom stereocenters. The topological polar surface area (TPSA) is 93.2 Å². The molecule has 1 amide bonds. The number of hydrogen-bond donors (Lipinski definition) is 0. The van der Waals surface area contributed by atoms with Gasteiger partial charge in [0.05, 0.1) is 12.9 Å². The molecule has 0 radical (unpaired) electrons. The first-order chi connectivity index (χ1) is 14.9. The molecule has 2 fully saturated rings. The maximum Gasteiger partial charge on any atom is 0.410 e. The fourth-order valence-electron chi connectivity index (χ4n) is 4.43. The van der Waals surface area contributed by atoms with Crippen LogP contribution in [0.1, 0.15) is 18.4 Å². The second-order valence-corrected chi connectivity index (χ2v) is 9.95. The highest BCUT2D eigenvalue weighted by Gasteiger charge is 2.44. The molecule has 8 nitrogen and oxygen atoms in total. The number of methoxy groups -OCH3 is 1. The molecule has 2 saturated heterocycles. The Morgan fingerprint density at radius 2 is 1.84 bits per heavy atom. The number of hydrogen-bond acceptors (Lipinski definition) is 6. The van der Waals surface area contributed by atoms with Gasteiger partial charge in [0.1, 0.15) is 6.61 Å². The van der Waals surface area contributed by atoms with E-state index in [2.05, 4.69) is 0 Å². The van der Waals surface area contributed by atoms with Crippen LogP contribution in [0.15, 0.2) is 42.5 Å². The molecule has 4 rings (SSSR count). The minimum absolute atomic E-state index is 0.0300. The Morgan fingerprint density at radius 1 is 1.13 bits per heavy atom. The predicted molar refractivity (Wildman–Crippen MR) is 115 cm³/mol. The van der Waals surface area contributed by atoms with Gasteiger partial charge in [0.2, 0.25) is 10.0 Å². The monoisotopic (exact) mass is 446 g/mol. The van der Waals surface area contributed by atoms with Crippen molar-refractivity contribution in [2.45, 2.75) is 31.3 Å². The number of piperidine rings is 1. The first-order valence-corrected chi connectivity index (χ1v) is 12.0. The van der Waals surface area contributed by atoms with Crippen LogP contribution < -0.4 is 0 Å². The van der Waals surface area contributed by atoms with Crippen molar-refractivity contribution in [3.8, 4) is 0 Å². The van der Waals surface area contributed by atoms with Gasteiger partial charge in [0.25, 0.3) is 0 Å². The molecule has 0 N–H and O–H groups in total. The van der Waals surface area contributed by atoms with E-state index in [1.165, 1.54) is 16.3 Å². The van der Waals surface area contributed by atoms with E-state index < -0.39 is 28.1 Å². The van der Waals surface area contributed by atoms with Crippen molar-refractivity contribution in [1.29, 1.82) is 0 Å². The fourth-order valence-corrected chi connectivity index (χ4v) is 5.93. The summed E-state index contributed by atoms with van der Waals surface area (Å²) in [4.78, 5) is 25.5. The molecule has 0 unspecified atom stereocenters. The van der Waals surface area contributed by atoms with E-state index >= 15 is 0 Å². The van der Waals surface area contributed by atoms with Crippen molar-refractivity contribution in [3.05, 3.63) is 48.0 Å². The van der Waals surface area contributed by atoms with Gasteiger partial charge in [-0.15, -0.1) is 0 Å². The highest BCUT2D eigenvalue weighted by molar-refractivity contribution is 7.89. The van der Waals surface area contributed by atoms with Crippen LogP contribution in [0.4, 0.5) is 4.79 Å². The van der Waals surface area contributed by atoms with Crippen molar-refractivity contribution in [3.63, 3.8) is 0 Å². The zero-order chi connectivity index (χ0) is 22.0. The zero-order valence-electron chi connectivity index (χ0n) is 17.4. The minimum Gasteiger partial charge on any atom is -0.467 e. The molecule has 0 aliphatic carbocycles. The van der Waals surface area contributed by atoms with Gasteiger partial charge < -0.3 is 9.47 Å². The third-order valence-corrected chi connectivity index (χ3v) is 7.98. The normalized spacial score (nSPS) is 20.7. The number of amides is 1. The maximum atomic E-state index is 13.0. The molecule has 0 saturated carbocycles. The number of carbonyl (C=O) groups excluding carboxylic acids is 2. The summed E-state index contributed by atoms with van der Waals surface area (Å²) in [5.74, 6) is -0.488. The third kappa shape index (κ3) is 4.38. The summed E-state index contributed by atoms with van der Waals surface area (Å²) in [5.41, 5.74) is 1.01. The van der Waals surface area contributed by atoms with Gasteiger partial charge in [0, 0.05) is 19.1 Å².